The Morgan fingerprint density at radius 2 is 0.356 bits per heavy atom. The molecule has 4 rings (SSSR count). The third kappa shape index (κ3) is 40.4. The van der Waals surface area contributed by atoms with Crippen LogP contribution < -0.4 is 0 Å². The molecule has 4 aromatic carbocycles. The SMILES string of the molecule is CC.CC.CC(C)(C(F)(F)F)C(F)(F)F.COC.COC.c1ccccc1.c1ccccc1.c1ccccc1.c1ccccc1. The minimum atomic E-state index is -5.24. The van der Waals surface area contributed by atoms with Gasteiger partial charge in [-0.1, -0.05) is 173 Å². The molecule has 0 fully saturated rings. The second kappa shape index (κ2) is 38.4. The molecule has 0 N–H and O–H groups in total. The van der Waals surface area contributed by atoms with Crippen molar-refractivity contribution >= 4 is 0 Å². The highest BCUT2D eigenvalue weighted by molar-refractivity contribution is 5.01. The molecule has 0 aliphatic heterocycles. The van der Waals surface area contributed by atoms with E-state index in [-0.39, 0.29) is 13.8 Å². The first-order chi connectivity index (χ1) is 21.3. The summed E-state index contributed by atoms with van der Waals surface area (Å²) >= 11 is 0. The average Bonchev–Trinajstić information content (AvgIpc) is 3.07. The molecule has 0 radical (unpaired) electrons. The molecule has 0 aromatic heterocycles. The molecule has 2 nitrogen and oxygen atoms in total. The zero-order chi connectivity index (χ0) is 35.9. The molecule has 0 aliphatic carbocycles. The molecule has 8 heteroatoms. The number of halogens is 6. The van der Waals surface area contributed by atoms with Crippen LogP contribution in [0.15, 0.2) is 146 Å². The monoisotopic (exact) mass is 644 g/mol. The Morgan fingerprint density at radius 1 is 0.289 bits per heavy atom. The molecule has 0 aliphatic rings. The zero-order valence-electron chi connectivity index (χ0n) is 28.4. The van der Waals surface area contributed by atoms with E-state index in [0.717, 1.165) is 0 Å². The molecule has 0 atom stereocenters. The van der Waals surface area contributed by atoms with Crippen molar-refractivity contribution in [2.75, 3.05) is 28.4 Å². The van der Waals surface area contributed by atoms with Crippen molar-refractivity contribution in [1.29, 1.82) is 0 Å². The number of benzene rings is 4. The van der Waals surface area contributed by atoms with Crippen LogP contribution in [0.1, 0.15) is 41.5 Å². The van der Waals surface area contributed by atoms with E-state index in [4.69, 9.17) is 0 Å². The summed E-state index contributed by atoms with van der Waals surface area (Å²) in [5.41, 5.74) is -3.62. The van der Waals surface area contributed by atoms with Crippen molar-refractivity contribution in [3.05, 3.63) is 146 Å². The lowest BCUT2D eigenvalue weighted by Gasteiger charge is -2.29. The first-order valence-electron chi connectivity index (χ1n) is 14.3. The van der Waals surface area contributed by atoms with Gasteiger partial charge in [0.05, 0.1) is 0 Å². The van der Waals surface area contributed by atoms with Crippen LogP contribution in [-0.2, 0) is 9.47 Å². The van der Waals surface area contributed by atoms with Crippen LogP contribution in [0.4, 0.5) is 26.3 Å². The summed E-state index contributed by atoms with van der Waals surface area (Å²) in [6, 6.07) is 48.0. The van der Waals surface area contributed by atoms with E-state index in [9.17, 15) is 26.3 Å². The topological polar surface area (TPSA) is 18.5 Å². The lowest BCUT2D eigenvalue weighted by Crippen LogP contribution is -2.44. The summed E-state index contributed by atoms with van der Waals surface area (Å²) in [5, 5.41) is 0. The summed E-state index contributed by atoms with van der Waals surface area (Å²) in [5.74, 6) is 0. The molecule has 0 unspecified atom stereocenters. The van der Waals surface area contributed by atoms with E-state index in [1.54, 1.807) is 28.4 Å². The number of ether oxygens (including phenoxy) is 2. The van der Waals surface area contributed by atoms with E-state index in [1.807, 2.05) is 173 Å². The lowest BCUT2D eigenvalue weighted by molar-refractivity contribution is -0.327. The summed E-state index contributed by atoms with van der Waals surface area (Å²) in [6.07, 6.45) is -10.5. The molecule has 0 spiro atoms. The van der Waals surface area contributed by atoms with E-state index in [1.165, 1.54) is 0 Å². The molecular formula is C37H54F6O2. The fourth-order valence-electron chi connectivity index (χ4n) is 1.70. The zero-order valence-corrected chi connectivity index (χ0v) is 28.4. The maximum Gasteiger partial charge on any atom is 0.402 e. The van der Waals surface area contributed by atoms with Gasteiger partial charge in [0.2, 0.25) is 0 Å². The van der Waals surface area contributed by atoms with Gasteiger partial charge < -0.3 is 9.47 Å². The molecule has 0 bridgehead atoms. The summed E-state index contributed by atoms with van der Waals surface area (Å²) < 4.78 is 78.2. The van der Waals surface area contributed by atoms with E-state index < -0.39 is 17.8 Å². The summed E-state index contributed by atoms with van der Waals surface area (Å²) in [6.45, 7) is 8.21. The molecule has 0 amide bonds. The average molecular weight is 645 g/mol. The summed E-state index contributed by atoms with van der Waals surface area (Å²) in [4.78, 5) is 0. The van der Waals surface area contributed by atoms with Crippen molar-refractivity contribution in [3.8, 4) is 0 Å². The van der Waals surface area contributed by atoms with Gasteiger partial charge in [0.25, 0.3) is 0 Å². The van der Waals surface area contributed by atoms with Gasteiger partial charge in [-0.3, -0.25) is 0 Å². The van der Waals surface area contributed by atoms with E-state index in [0.29, 0.717) is 0 Å². The summed E-state index contributed by atoms with van der Waals surface area (Å²) in [7, 11) is 6.50. The molecule has 0 heterocycles. The van der Waals surface area contributed by atoms with Crippen LogP contribution in [0.25, 0.3) is 0 Å². The highest BCUT2D eigenvalue weighted by atomic mass is 19.4. The van der Waals surface area contributed by atoms with Gasteiger partial charge in [0, 0.05) is 28.4 Å². The standard InChI is InChI=1S/4C6H6.C5H6F6.2C2H6O.2C2H6/c4*1-2-4-6-5-3-1;1-3(2,4(6,7)8)5(9,10)11;2*1-3-2;2*1-2/h4*1-6H;1-2H3;2*1-2H3;2*1-2H3. The van der Waals surface area contributed by atoms with Crippen molar-refractivity contribution in [2.24, 2.45) is 5.41 Å². The Balaban J connectivity index is -0.000000140. The van der Waals surface area contributed by atoms with Crippen LogP contribution in [0, 0.1) is 5.41 Å². The third-order valence-corrected chi connectivity index (χ3v) is 4.08. The van der Waals surface area contributed by atoms with E-state index in [2.05, 4.69) is 9.47 Å². The minimum Gasteiger partial charge on any atom is -0.388 e. The lowest BCUT2D eigenvalue weighted by atomic mass is 9.92. The van der Waals surface area contributed by atoms with Gasteiger partial charge in [-0.25, -0.2) is 0 Å². The molecule has 0 saturated carbocycles. The van der Waals surface area contributed by atoms with Gasteiger partial charge in [-0.05, 0) is 13.8 Å². The van der Waals surface area contributed by atoms with Crippen LogP contribution in [0.3, 0.4) is 0 Å². The molecular weight excluding hydrogens is 590 g/mol. The minimum absolute atomic E-state index is 0.104. The molecule has 0 saturated heterocycles. The maximum atomic E-state index is 11.6. The predicted octanol–water partition coefficient (Wildman–Crippen LogP) is 12.5. The second-order valence-corrected chi connectivity index (χ2v) is 8.06. The van der Waals surface area contributed by atoms with Gasteiger partial charge >= 0.3 is 12.4 Å². The number of hydrogen-bond donors (Lipinski definition) is 0. The van der Waals surface area contributed by atoms with Crippen molar-refractivity contribution in [3.63, 3.8) is 0 Å². The first-order valence-corrected chi connectivity index (χ1v) is 14.3. The Bertz CT molecular complexity index is 715. The van der Waals surface area contributed by atoms with E-state index >= 15 is 0 Å². The van der Waals surface area contributed by atoms with Gasteiger partial charge in [0.15, 0.2) is 5.41 Å². The van der Waals surface area contributed by atoms with Gasteiger partial charge in [-0.2, -0.15) is 26.3 Å². The fourth-order valence-corrected chi connectivity index (χ4v) is 1.70. The third-order valence-electron chi connectivity index (χ3n) is 4.08. The van der Waals surface area contributed by atoms with Crippen LogP contribution in [0.2, 0.25) is 0 Å². The number of rotatable bonds is 0. The van der Waals surface area contributed by atoms with Gasteiger partial charge in [0.1, 0.15) is 0 Å². The molecule has 45 heavy (non-hydrogen) atoms. The van der Waals surface area contributed by atoms with Crippen LogP contribution in [-0.4, -0.2) is 40.8 Å². The predicted molar refractivity (Wildman–Crippen MR) is 180 cm³/mol. The molecule has 4 aromatic rings. The van der Waals surface area contributed by atoms with Crippen LogP contribution >= 0.6 is 0 Å². The fraction of sp³-hybridized carbons (Fsp3) is 0.351. The number of alkyl halides is 6. The Labute approximate surface area is 269 Å². The highest BCUT2D eigenvalue weighted by Crippen LogP contribution is 2.49. The Kier molecular flexibility index (Phi) is 43.5. The first kappa shape index (κ1) is 51.0. The van der Waals surface area contributed by atoms with Crippen LogP contribution in [0.5, 0.6) is 0 Å². The van der Waals surface area contributed by atoms with Crippen molar-refractivity contribution in [2.45, 2.75) is 53.9 Å². The normalized spacial score (nSPS) is 9.07. The van der Waals surface area contributed by atoms with Crippen molar-refractivity contribution in [1.82, 2.24) is 0 Å². The number of hydrogen-bond acceptors (Lipinski definition) is 2. The quantitative estimate of drug-likeness (QED) is 0.177. The second-order valence-electron chi connectivity index (χ2n) is 8.06. The van der Waals surface area contributed by atoms with Crippen molar-refractivity contribution < 1.29 is 35.8 Å². The number of methoxy groups -OCH3 is 2. The maximum absolute atomic E-state index is 11.6. The highest BCUT2D eigenvalue weighted by Gasteiger charge is 2.64. The Hall–Kier alpha value is -3.62. The van der Waals surface area contributed by atoms with Gasteiger partial charge in [-0.15, -0.1) is 0 Å². The largest absolute Gasteiger partial charge is 0.402 e. The molecule has 256 valence electrons. The Morgan fingerprint density at radius 3 is 0.378 bits per heavy atom. The smallest absolute Gasteiger partial charge is 0.388 e.